The Labute approximate surface area is 175 Å². The van der Waals surface area contributed by atoms with Crippen molar-refractivity contribution in [1.29, 1.82) is 0 Å². The maximum Gasteiger partial charge on any atom is 0.203 e. The van der Waals surface area contributed by atoms with Gasteiger partial charge in [-0.05, 0) is 30.7 Å². The number of carbonyl (C=O) groups excluding carboxylic acids is 1. The molecule has 0 bridgehead atoms. The Balaban J connectivity index is 1.80. The molecule has 1 heterocycles. The standard InChI is InChI=1S/C22H18F4N2O3/c1-3-28-11-15(10-27-28)18(29)6-4-13-5-7-19(30-2)14(8-13)12-31-22-20(25)16(23)9-17(24)21(22)26/h4-11H,3,12H2,1-2H3/b6-4+. The number of hydrogen-bond acceptors (Lipinski definition) is 4. The molecular weight excluding hydrogens is 416 g/mol. The van der Waals surface area contributed by atoms with E-state index in [0.717, 1.165) is 0 Å². The van der Waals surface area contributed by atoms with Crippen molar-refractivity contribution in [3.8, 4) is 11.5 Å². The van der Waals surface area contributed by atoms with Crippen LogP contribution in [0, 0.1) is 23.3 Å². The van der Waals surface area contributed by atoms with E-state index in [1.54, 1.807) is 29.1 Å². The highest BCUT2D eigenvalue weighted by molar-refractivity contribution is 6.06. The minimum atomic E-state index is -1.63. The zero-order valence-electron chi connectivity index (χ0n) is 16.7. The zero-order valence-corrected chi connectivity index (χ0v) is 16.7. The van der Waals surface area contributed by atoms with E-state index in [0.29, 0.717) is 29.0 Å². The summed E-state index contributed by atoms with van der Waals surface area (Å²) in [5, 5.41) is 4.04. The molecule has 0 saturated heterocycles. The largest absolute Gasteiger partial charge is 0.496 e. The predicted molar refractivity (Wildman–Crippen MR) is 105 cm³/mol. The molecule has 0 spiro atoms. The van der Waals surface area contributed by atoms with Crippen LogP contribution in [-0.2, 0) is 13.2 Å². The predicted octanol–water partition coefficient (Wildman–Crippen LogP) is 4.94. The summed E-state index contributed by atoms with van der Waals surface area (Å²) < 4.78 is 66.2. The maximum atomic E-state index is 13.8. The topological polar surface area (TPSA) is 53.4 Å². The second-order valence-electron chi connectivity index (χ2n) is 6.44. The SMILES string of the molecule is CCn1cc(C(=O)/C=C/c2ccc(OC)c(COc3c(F)c(F)cc(F)c3F)c2)cn1. The number of halogens is 4. The van der Waals surface area contributed by atoms with E-state index >= 15 is 0 Å². The van der Waals surface area contributed by atoms with Gasteiger partial charge in [-0.15, -0.1) is 0 Å². The third kappa shape index (κ3) is 4.93. The summed E-state index contributed by atoms with van der Waals surface area (Å²) in [6, 6.07) is 4.88. The molecule has 0 fully saturated rings. The van der Waals surface area contributed by atoms with Crippen molar-refractivity contribution >= 4 is 11.9 Å². The fraction of sp³-hybridized carbons (Fsp3) is 0.182. The van der Waals surface area contributed by atoms with Gasteiger partial charge in [-0.2, -0.15) is 13.9 Å². The molecule has 0 aliphatic rings. The van der Waals surface area contributed by atoms with Gasteiger partial charge in [0, 0.05) is 24.4 Å². The summed E-state index contributed by atoms with van der Waals surface area (Å²) in [5.41, 5.74) is 1.34. The van der Waals surface area contributed by atoms with Gasteiger partial charge >= 0.3 is 0 Å². The molecule has 0 amide bonds. The minimum absolute atomic E-state index is 0.102. The molecule has 3 rings (SSSR count). The third-order valence-corrected chi connectivity index (χ3v) is 4.42. The first kappa shape index (κ1) is 22.1. The molecule has 5 nitrogen and oxygen atoms in total. The summed E-state index contributed by atoms with van der Waals surface area (Å²) in [6.45, 7) is 2.10. The summed E-state index contributed by atoms with van der Waals surface area (Å²) in [5.74, 6) is -7.49. The number of benzene rings is 2. The van der Waals surface area contributed by atoms with Crippen LogP contribution in [0.5, 0.6) is 11.5 Å². The molecule has 162 valence electrons. The van der Waals surface area contributed by atoms with Crippen molar-refractivity contribution in [3.05, 3.63) is 82.7 Å². The molecule has 0 N–H and O–H groups in total. The number of rotatable bonds is 8. The van der Waals surface area contributed by atoms with Crippen LogP contribution < -0.4 is 9.47 Å². The lowest BCUT2D eigenvalue weighted by Crippen LogP contribution is -2.05. The van der Waals surface area contributed by atoms with E-state index in [1.807, 2.05) is 6.92 Å². The molecule has 0 atom stereocenters. The fourth-order valence-corrected chi connectivity index (χ4v) is 2.77. The van der Waals surface area contributed by atoms with Gasteiger partial charge in [0.05, 0.1) is 18.9 Å². The second-order valence-corrected chi connectivity index (χ2v) is 6.44. The van der Waals surface area contributed by atoms with Crippen molar-refractivity contribution in [1.82, 2.24) is 9.78 Å². The van der Waals surface area contributed by atoms with E-state index in [1.165, 1.54) is 25.5 Å². The fourth-order valence-electron chi connectivity index (χ4n) is 2.77. The number of aryl methyl sites for hydroxylation is 1. The number of aromatic nitrogens is 2. The number of hydrogen-bond donors (Lipinski definition) is 0. The van der Waals surface area contributed by atoms with Crippen molar-refractivity contribution in [2.75, 3.05) is 7.11 Å². The Morgan fingerprint density at radius 3 is 2.45 bits per heavy atom. The number of allylic oxidation sites excluding steroid dienone is 1. The van der Waals surface area contributed by atoms with E-state index in [9.17, 15) is 22.4 Å². The Kier molecular flexibility index (Phi) is 6.74. The van der Waals surface area contributed by atoms with Gasteiger partial charge in [-0.25, -0.2) is 8.78 Å². The first-order valence-corrected chi connectivity index (χ1v) is 9.21. The van der Waals surface area contributed by atoms with Crippen LogP contribution in [0.15, 0.2) is 42.7 Å². The lowest BCUT2D eigenvalue weighted by Gasteiger charge is -2.13. The smallest absolute Gasteiger partial charge is 0.203 e. The average molecular weight is 434 g/mol. The van der Waals surface area contributed by atoms with E-state index in [2.05, 4.69) is 5.10 Å². The van der Waals surface area contributed by atoms with Crippen molar-refractivity contribution in [2.24, 2.45) is 0 Å². The van der Waals surface area contributed by atoms with Gasteiger partial charge in [0.25, 0.3) is 0 Å². The summed E-state index contributed by atoms with van der Waals surface area (Å²) in [4.78, 5) is 12.3. The molecule has 0 radical (unpaired) electrons. The number of methoxy groups -OCH3 is 1. The maximum absolute atomic E-state index is 13.8. The lowest BCUT2D eigenvalue weighted by atomic mass is 10.1. The van der Waals surface area contributed by atoms with Gasteiger partial charge < -0.3 is 9.47 Å². The normalized spacial score (nSPS) is 11.2. The zero-order chi connectivity index (χ0) is 22.5. The molecule has 0 aliphatic heterocycles. The molecule has 9 heteroatoms. The number of ketones is 1. The quantitative estimate of drug-likeness (QED) is 0.218. The third-order valence-electron chi connectivity index (χ3n) is 4.42. The molecule has 2 aromatic carbocycles. The average Bonchev–Trinajstić information content (AvgIpc) is 3.25. The monoisotopic (exact) mass is 434 g/mol. The van der Waals surface area contributed by atoms with E-state index < -0.39 is 35.6 Å². The second kappa shape index (κ2) is 9.46. The highest BCUT2D eigenvalue weighted by Gasteiger charge is 2.21. The first-order valence-electron chi connectivity index (χ1n) is 9.21. The first-order chi connectivity index (χ1) is 14.8. The lowest BCUT2D eigenvalue weighted by molar-refractivity contribution is 0.104. The molecule has 1 aromatic heterocycles. The molecule has 3 aromatic rings. The molecule has 0 aliphatic carbocycles. The van der Waals surface area contributed by atoms with E-state index in [-0.39, 0.29) is 11.8 Å². The Morgan fingerprint density at radius 1 is 1.13 bits per heavy atom. The highest BCUT2D eigenvalue weighted by atomic mass is 19.2. The minimum Gasteiger partial charge on any atom is -0.496 e. The van der Waals surface area contributed by atoms with Gasteiger partial charge in [-0.1, -0.05) is 12.1 Å². The van der Waals surface area contributed by atoms with Gasteiger partial charge in [0.1, 0.15) is 12.4 Å². The Bertz CT molecular complexity index is 1120. The van der Waals surface area contributed by atoms with Crippen LogP contribution in [-0.4, -0.2) is 22.7 Å². The molecule has 0 unspecified atom stereocenters. The number of carbonyl (C=O) groups is 1. The van der Waals surface area contributed by atoms with Gasteiger partial charge in [-0.3, -0.25) is 9.48 Å². The Hall–Kier alpha value is -3.62. The summed E-state index contributed by atoms with van der Waals surface area (Å²) >= 11 is 0. The van der Waals surface area contributed by atoms with E-state index in [4.69, 9.17) is 9.47 Å². The van der Waals surface area contributed by atoms with Crippen molar-refractivity contribution in [3.63, 3.8) is 0 Å². The summed E-state index contributed by atoms with van der Waals surface area (Å²) in [6.07, 6.45) is 5.98. The van der Waals surface area contributed by atoms with Gasteiger partial charge in [0.2, 0.25) is 11.6 Å². The van der Waals surface area contributed by atoms with Crippen LogP contribution >= 0.6 is 0 Å². The summed E-state index contributed by atoms with van der Waals surface area (Å²) in [7, 11) is 1.38. The van der Waals surface area contributed by atoms with Crippen LogP contribution in [0.1, 0.15) is 28.4 Å². The number of nitrogens with zero attached hydrogens (tertiary/aromatic N) is 2. The molecule has 31 heavy (non-hydrogen) atoms. The van der Waals surface area contributed by atoms with Crippen LogP contribution in [0.4, 0.5) is 17.6 Å². The Morgan fingerprint density at radius 2 is 1.84 bits per heavy atom. The highest BCUT2D eigenvalue weighted by Crippen LogP contribution is 2.29. The van der Waals surface area contributed by atoms with Crippen molar-refractivity contribution < 1.29 is 31.8 Å². The molecular formula is C22H18F4N2O3. The van der Waals surface area contributed by atoms with Crippen molar-refractivity contribution in [2.45, 2.75) is 20.1 Å². The van der Waals surface area contributed by atoms with Gasteiger partial charge in [0.15, 0.2) is 23.2 Å². The van der Waals surface area contributed by atoms with Crippen LogP contribution in [0.2, 0.25) is 0 Å². The molecule has 0 saturated carbocycles. The van der Waals surface area contributed by atoms with Crippen LogP contribution in [0.25, 0.3) is 6.08 Å². The number of ether oxygens (including phenoxy) is 2. The van der Waals surface area contributed by atoms with Crippen LogP contribution in [0.3, 0.4) is 0 Å².